The van der Waals surface area contributed by atoms with E-state index in [9.17, 15) is 4.79 Å². The van der Waals surface area contributed by atoms with Crippen LogP contribution in [0.3, 0.4) is 0 Å². The Kier molecular flexibility index (Phi) is 6.92. The summed E-state index contributed by atoms with van der Waals surface area (Å²) in [4.78, 5) is 11.7. The minimum atomic E-state index is -0.521. The molecule has 1 amide bonds. The van der Waals surface area contributed by atoms with Crippen molar-refractivity contribution < 1.29 is 14.3 Å². The normalized spacial score (nSPS) is 11.9. The summed E-state index contributed by atoms with van der Waals surface area (Å²) in [6, 6.07) is 7.68. The molecule has 0 radical (unpaired) electrons. The van der Waals surface area contributed by atoms with Crippen molar-refractivity contribution in [3.63, 3.8) is 0 Å². The van der Waals surface area contributed by atoms with Crippen LogP contribution in [0.25, 0.3) is 0 Å². The van der Waals surface area contributed by atoms with E-state index in [2.05, 4.69) is 10.6 Å². The number of carbonyl (C=O) groups excluding carboxylic acids is 1. The Balaban J connectivity index is 2.42. The van der Waals surface area contributed by atoms with Crippen LogP contribution in [0.2, 0.25) is 0 Å². The Morgan fingerprint density at radius 3 is 2.58 bits per heavy atom. The highest BCUT2D eigenvalue weighted by Gasteiger charge is 2.13. The van der Waals surface area contributed by atoms with Crippen LogP contribution in [-0.2, 0) is 16.1 Å². The summed E-state index contributed by atoms with van der Waals surface area (Å²) in [5.74, 6) is 0.547. The molecule has 5 heteroatoms. The summed E-state index contributed by atoms with van der Waals surface area (Å²) >= 11 is 0. The van der Waals surface area contributed by atoms with Crippen LogP contribution in [0, 0.1) is 0 Å². The third-order valence-corrected chi connectivity index (χ3v) is 2.59. The van der Waals surface area contributed by atoms with Gasteiger partial charge in [0.25, 0.3) is 5.91 Å². The van der Waals surface area contributed by atoms with Gasteiger partial charge in [0.15, 0.2) is 6.10 Å². The van der Waals surface area contributed by atoms with Gasteiger partial charge >= 0.3 is 0 Å². The summed E-state index contributed by atoms with van der Waals surface area (Å²) in [5.41, 5.74) is 1.17. The number of nitrogens with one attached hydrogen (secondary N) is 2. The molecule has 106 valence electrons. The maximum absolute atomic E-state index is 11.7. The molecule has 2 N–H and O–H groups in total. The molecule has 1 aromatic rings. The first-order valence-electron chi connectivity index (χ1n) is 6.34. The summed E-state index contributed by atoms with van der Waals surface area (Å²) in [7, 11) is 3.50. The molecule has 0 saturated heterocycles. The zero-order valence-corrected chi connectivity index (χ0v) is 11.7. The molecular weight excluding hydrogens is 244 g/mol. The van der Waals surface area contributed by atoms with E-state index >= 15 is 0 Å². The zero-order valence-electron chi connectivity index (χ0n) is 11.7. The van der Waals surface area contributed by atoms with Crippen molar-refractivity contribution in [2.75, 3.05) is 27.3 Å². The SMILES string of the molecule is CNCc1ccc(OC(C)C(=O)NCCOC)cc1. The van der Waals surface area contributed by atoms with Crippen LogP contribution in [-0.4, -0.2) is 39.3 Å². The van der Waals surface area contributed by atoms with Crippen molar-refractivity contribution in [3.8, 4) is 5.75 Å². The van der Waals surface area contributed by atoms with E-state index in [1.54, 1.807) is 14.0 Å². The Bertz CT molecular complexity index is 379. The van der Waals surface area contributed by atoms with Gasteiger partial charge in [-0.25, -0.2) is 0 Å². The van der Waals surface area contributed by atoms with E-state index in [0.717, 1.165) is 6.54 Å². The topological polar surface area (TPSA) is 59.6 Å². The number of hydrogen-bond donors (Lipinski definition) is 2. The molecule has 5 nitrogen and oxygen atoms in total. The highest BCUT2D eigenvalue weighted by atomic mass is 16.5. The number of ether oxygens (including phenoxy) is 2. The van der Waals surface area contributed by atoms with Crippen LogP contribution < -0.4 is 15.4 Å². The lowest BCUT2D eigenvalue weighted by Crippen LogP contribution is -2.37. The molecule has 19 heavy (non-hydrogen) atoms. The van der Waals surface area contributed by atoms with E-state index in [-0.39, 0.29) is 5.91 Å². The van der Waals surface area contributed by atoms with E-state index in [4.69, 9.17) is 9.47 Å². The number of benzene rings is 1. The maximum Gasteiger partial charge on any atom is 0.260 e. The van der Waals surface area contributed by atoms with Crippen LogP contribution >= 0.6 is 0 Å². The lowest BCUT2D eigenvalue weighted by molar-refractivity contribution is -0.127. The maximum atomic E-state index is 11.7. The fourth-order valence-electron chi connectivity index (χ4n) is 1.57. The quantitative estimate of drug-likeness (QED) is 0.687. The average Bonchev–Trinajstić information content (AvgIpc) is 2.41. The van der Waals surface area contributed by atoms with E-state index in [1.807, 2.05) is 31.3 Å². The highest BCUT2D eigenvalue weighted by molar-refractivity contribution is 5.80. The van der Waals surface area contributed by atoms with Crippen LogP contribution in [0.5, 0.6) is 5.75 Å². The molecule has 0 fully saturated rings. The molecule has 1 atom stereocenters. The van der Waals surface area contributed by atoms with Crippen molar-refractivity contribution in [2.45, 2.75) is 19.6 Å². The number of rotatable bonds is 8. The Morgan fingerprint density at radius 2 is 2.00 bits per heavy atom. The van der Waals surface area contributed by atoms with Gasteiger partial charge in [0.05, 0.1) is 6.61 Å². The Morgan fingerprint density at radius 1 is 1.32 bits per heavy atom. The second-order valence-electron chi connectivity index (χ2n) is 4.22. The predicted molar refractivity (Wildman–Crippen MR) is 74.2 cm³/mol. The van der Waals surface area contributed by atoms with Crippen molar-refractivity contribution >= 4 is 5.91 Å². The van der Waals surface area contributed by atoms with Gasteiger partial charge < -0.3 is 20.1 Å². The average molecular weight is 266 g/mol. The lowest BCUT2D eigenvalue weighted by atomic mass is 10.2. The molecule has 0 aliphatic carbocycles. The minimum absolute atomic E-state index is 0.142. The summed E-state index contributed by atoms with van der Waals surface area (Å²) in [6.07, 6.45) is -0.521. The van der Waals surface area contributed by atoms with Crippen molar-refractivity contribution in [1.29, 1.82) is 0 Å². The zero-order chi connectivity index (χ0) is 14.1. The first-order valence-corrected chi connectivity index (χ1v) is 6.34. The fraction of sp³-hybridized carbons (Fsp3) is 0.500. The standard InChI is InChI=1S/C14H22N2O3/c1-11(14(17)16-8-9-18-3)19-13-6-4-12(5-7-13)10-15-2/h4-7,11,15H,8-10H2,1-3H3,(H,16,17). The summed E-state index contributed by atoms with van der Waals surface area (Å²) in [5, 5.41) is 5.81. The Labute approximate surface area is 114 Å². The van der Waals surface area contributed by atoms with Gasteiger partial charge in [-0.3, -0.25) is 4.79 Å². The third-order valence-electron chi connectivity index (χ3n) is 2.59. The van der Waals surface area contributed by atoms with E-state index in [1.165, 1.54) is 5.56 Å². The van der Waals surface area contributed by atoms with E-state index in [0.29, 0.717) is 18.9 Å². The van der Waals surface area contributed by atoms with Gasteiger partial charge in [-0.1, -0.05) is 12.1 Å². The molecule has 1 aromatic carbocycles. The largest absolute Gasteiger partial charge is 0.481 e. The lowest BCUT2D eigenvalue weighted by Gasteiger charge is -2.14. The number of amides is 1. The van der Waals surface area contributed by atoms with Crippen molar-refractivity contribution in [1.82, 2.24) is 10.6 Å². The molecule has 0 bridgehead atoms. The molecule has 0 spiro atoms. The van der Waals surface area contributed by atoms with Gasteiger partial charge in [-0.15, -0.1) is 0 Å². The second kappa shape index (κ2) is 8.50. The molecule has 0 saturated carbocycles. The molecule has 0 heterocycles. The van der Waals surface area contributed by atoms with Crippen molar-refractivity contribution in [2.24, 2.45) is 0 Å². The summed E-state index contributed by atoms with van der Waals surface area (Å²) in [6.45, 7) is 3.53. The highest BCUT2D eigenvalue weighted by Crippen LogP contribution is 2.13. The van der Waals surface area contributed by atoms with Crippen LogP contribution in [0.1, 0.15) is 12.5 Å². The van der Waals surface area contributed by atoms with Gasteiger partial charge in [0, 0.05) is 20.2 Å². The monoisotopic (exact) mass is 266 g/mol. The molecule has 1 rings (SSSR count). The first-order chi connectivity index (χ1) is 9.17. The Hall–Kier alpha value is -1.59. The molecule has 0 aromatic heterocycles. The van der Waals surface area contributed by atoms with Gasteiger partial charge in [-0.05, 0) is 31.7 Å². The minimum Gasteiger partial charge on any atom is -0.481 e. The van der Waals surface area contributed by atoms with Crippen molar-refractivity contribution in [3.05, 3.63) is 29.8 Å². The number of methoxy groups -OCH3 is 1. The fourth-order valence-corrected chi connectivity index (χ4v) is 1.57. The smallest absolute Gasteiger partial charge is 0.260 e. The van der Waals surface area contributed by atoms with Crippen LogP contribution in [0.4, 0.5) is 0 Å². The van der Waals surface area contributed by atoms with Gasteiger partial charge in [0.1, 0.15) is 5.75 Å². The number of carbonyl (C=O) groups is 1. The first kappa shape index (κ1) is 15.5. The molecule has 0 aliphatic rings. The second-order valence-corrected chi connectivity index (χ2v) is 4.22. The molecular formula is C14H22N2O3. The molecule has 0 aliphatic heterocycles. The third kappa shape index (κ3) is 5.72. The molecule has 1 unspecified atom stereocenters. The van der Waals surface area contributed by atoms with Gasteiger partial charge in [0.2, 0.25) is 0 Å². The number of hydrogen-bond acceptors (Lipinski definition) is 4. The summed E-state index contributed by atoms with van der Waals surface area (Å²) < 4.78 is 10.4. The van der Waals surface area contributed by atoms with E-state index < -0.39 is 6.10 Å². The van der Waals surface area contributed by atoms with Crippen LogP contribution in [0.15, 0.2) is 24.3 Å². The van der Waals surface area contributed by atoms with Gasteiger partial charge in [-0.2, -0.15) is 0 Å². The predicted octanol–water partition coefficient (Wildman–Crippen LogP) is 0.936.